The lowest BCUT2D eigenvalue weighted by Gasteiger charge is -2.35. The lowest BCUT2D eigenvalue weighted by atomic mass is 10.0. The molecule has 0 bridgehead atoms. The minimum absolute atomic E-state index is 0.119. The number of nitrogens with zero attached hydrogens (tertiary/aromatic N) is 8. The Labute approximate surface area is 280 Å². The normalized spacial score (nSPS) is 15.4. The van der Waals surface area contributed by atoms with E-state index >= 15 is 0 Å². The van der Waals surface area contributed by atoms with E-state index in [1.807, 2.05) is 64.3 Å². The van der Waals surface area contributed by atoms with Crippen LogP contribution < -0.4 is 10.9 Å². The highest BCUT2D eigenvalue weighted by molar-refractivity contribution is 6.00. The molecule has 1 aliphatic rings. The lowest BCUT2D eigenvalue weighted by Crippen LogP contribution is -2.41. The van der Waals surface area contributed by atoms with Crippen molar-refractivity contribution in [3.63, 3.8) is 0 Å². The second-order valence-corrected chi connectivity index (χ2v) is 12.8. The first-order valence-corrected chi connectivity index (χ1v) is 16.2. The molecule has 1 atom stereocenters. The Hall–Kier alpha value is -5.08. The second-order valence-electron chi connectivity index (χ2n) is 12.8. The summed E-state index contributed by atoms with van der Waals surface area (Å²) < 4.78 is 45.8. The Morgan fingerprint density at radius 2 is 1.84 bits per heavy atom. The van der Waals surface area contributed by atoms with Crippen LogP contribution in [0.1, 0.15) is 48.5 Å². The zero-order valence-corrected chi connectivity index (χ0v) is 27.7. The van der Waals surface area contributed by atoms with E-state index in [2.05, 4.69) is 35.1 Å². The molecule has 0 unspecified atom stereocenters. The van der Waals surface area contributed by atoms with E-state index in [-0.39, 0.29) is 17.7 Å². The molecule has 2 N–H and O–H groups in total. The topological polar surface area (TPSA) is 112 Å². The second kappa shape index (κ2) is 12.7. The molecule has 0 amide bonds. The van der Waals surface area contributed by atoms with Gasteiger partial charge in [0, 0.05) is 42.3 Å². The molecule has 0 radical (unpaired) electrons. The molecule has 1 fully saturated rings. The average molecular weight is 671 g/mol. The number of hydrogen-bond donors (Lipinski definition) is 2. The SMILES string of the molecule is Cc1ccn2nc([C@H](C)Nc3ncnc4[nH]cc(-c5cnc(C(F)(F)F)c(CN6CCC(N(C)C)CC6)c5)c34)n(-c3ccccc3)c(=O)c12. The van der Waals surface area contributed by atoms with Gasteiger partial charge in [-0.25, -0.2) is 14.5 Å². The Morgan fingerprint density at radius 1 is 1.08 bits per heavy atom. The zero-order valence-electron chi connectivity index (χ0n) is 27.7. The van der Waals surface area contributed by atoms with Gasteiger partial charge in [0.15, 0.2) is 5.82 Å². The predicted molar refractivity (Wildman–Crippen MR) is 182 cm³/mol. The van der Waals surface area contributed by atoms with Crippen molar-refractivity contribution in [2.75, 3.05) is 32.5 Å². The van der Waals surface area contributed by atoms with Crippen molar-refractivity contribution in [3.05, 3.63) is 100 Å². The maximum atomic E-state index is 14.2. The van der Waals surface area contributed by atoms with Gasteiger partial charge in [-0.2, -0.15) is 18.3 Å². The van der Waals surface area contributed by atoms with Gasteiger partial charge in [0.1, 0.15) is 29.0 Å². The number of para-hydroxylation sites is 1. The molecule has 1 saturated heterocycles. The summed E-state index contributed by atoms with van der Waals surface area (Å²) in [5, 5.41) is 8.83. The molecule has 5 aromatic heterocycles. The summed E-state index contributed by atoms with van der Waals surface area (Å²) in [5.41, 5.74) is 2.58. The van der Waals surface area contributed by atoms with E-state index in [1.165, 1.54) is 12.5 Å². The number of H-pyrrole nitrogens is 1. The summed E-state index contributed by atoms with van der Waals surface area (Å²) in [7, 11) is 4.06. The number of pyridine rings is 1. The molecular formula is C35H37F3N10O. The predicted octanol–water partition coefficient (Wildman–Crippen LogP) is 5.84. The first kappa shape index (κ1) is 32.5. The fourth-order valence-electron chi connectivity index (χ4n) is 6.78. The van der Waals surface area contributed by atoms with Crippen LogP contribution in [0.3, 0.4) is 0 Å². The number of piperidine rings is 1. The van der Waals surface area contributed by atoms with Crippen molar-refractivity contribution >= 4 is 22.4 Å². The van der Waals surface area contributed by atoms with Crippen LogP contribution in [0.5, 0.6) is 0 Å². The number of halogens is 3. The third kappa shape index (κ3) is 6.17. The highest BCUT2D eigenvalue weighted by Crippen LogP contribution is 2.37. The van der Waals surface area contributed by atoms with Gasteiger partial charge in [-0.1, -0.05) is 18.2 Å². The molecule has 11 nitrogen and oxygen atoms in total. The molecule has 49 heavy (non-hydrogen) atoms. The molecule has 14 heteroatoms. The van der Waals surface area contributed by atoms with Crippen LogP contribution in [-0.2, 0) is 12.7 Å². The highest BCUT2D eigenvalue weighted by atomic mass is 19.4. The summed E-state index contributed by atoms with van der Waals surface area (Å²) >= 11 is 0. The van der Waals surface area contributed by atoms with Crippen molar-refractivity contribution in [1.82, 2.24) is 43.9 Å². The van der Waals surface area contributed by atoms with E-state index in [1.54, 1.807) is 27.5 Å². The van der Waals surface area contributed by atoms with Gasteiger partial charge >= 0.3 is 6.18 Å². The van der Waals surface area contributed by atoms with Crippen LogP contribution in [0.2, 0.25) is 0 Å². The summed E-state index contributed by atoms with van der Waals surface area (Å²) in [4.78, 5) is 34.1. The Balaban J connectivity index is 1.27. The summed E-state index contributed by atoms with van der Waals surface area (Å²) in [6, 6.07) is 12.6. The molecule has 1 aliphatic heterocycles. The van der Waals surface area contributed by atoms with Crippen LogP contribution in [0, 0.1) is 6.92 Å². The van der Waals surface area contributed by atoms with Crippen molar-refractivity contribution in [1.29, 1.82) is 0 Å². The Kier molecular flexibility index (Phi) is 8.45. The lowest BCUT2D eigenvalue weighted by molar-refractivity contribution is -0.142. The van der Waals surface area contributed by atoms with Crippen LogP contribution in [0.25, 0.3) is 33.4 Å². The Morgan fingerprint density at radius 3 is 2.55 bits per heavy atom. The van der Waals surface area contributed by atoms with Crippen LogP contribution in [0.15, 0.2) is 72.2 Å². The van der Waals surface area contributed by atoms with Gasteiger partial charge in [-0.3, -0.25) is 19.2 Å². The van der Waals surface area contributed by atoms with E-state index in [4.69, 9.17) is 5.10 Å². The first-order valence-electron chi connectivity index (χ1n) is 16.2. The first-order chi connectivity index (χ1) is 23.5. The largest absolute Gasteiger partial charge is 0.433 e. The minimum atomic E-state index is -4.60. The number of anilines is 1. The fourth-order valence-corrected chi connectivity index (χ4v) is 6.78. The van der Waals surface area contributed by atoms with Gasteiger partial charge in [-0.15, -0.1) is 0 Å². The zero-order chi connectivity index (χ0) is 34.4. The number of fused-ring (bicyclic) bond motifs is 2. The number of benzene rings is 1. The van der Waals surface area contributed by atoms with Gasteiger partial charge in [0.25, 0.3) is 5.56 Å². The van der Waals surface area contributed by atoms with E-state index < -0.39 is 17.9 Å². The number of rotatable bonds is 8. The minimum Gasteiger partial charge on any atom is -0.360 e. The average Bonchev–Trinajstić information content (AvgIpc) is 3.69. The summed E-state index contributed by atoms with van der Waals surface area (Å²) in [6.45, 7) is 5.29. The molecular weight excluding hydrogens is 633 g/mol. The number of hydrogen-bond acceptors (Lipinski definition) is 8. The molecule has 6 aromatic rings. The third-order valence-electron chi connectivity index (χ3n) is 9.37. The third-order valence-corrected chi connectivity index (χ3v) is 9.37. The molecule has 1 aromatic carbocycles. The van der Waals surface area contributed by atoms with Crippen molar-refractivity contribution in [2.45, 2.75) is 51.5 Å². The van der Waals surface area contributed by atoms with E-state index in [0.717, 1.165) is 18.4 Å². The molecule has 0 spiro atoms. The highest BCUT2D eigenvalue weighted by Gasteiger charge is 2.36. The number of nitrogens with one attached hydrogen (secondary N) is 2. The Bertz CT molecular complexity index is 2180. The molecule has 7 rings (SSSR count). The standard InChI is InChI=1S/C35H37F3N10O/c1-21-10-15-47-29(21)34(49)48(26-8-6-5-7-9-26)33(44-47)22(2)43-32-28-27(18-40-31(28)41-20-42-32)23-16-24(30(39-17-23)35(36,37)38)19-46-13-11-25(12-14-46)45(3)4/h5-10,15-18,20,22,25H,11-14,19H2,1-4H3,(H2,40,41,42,43)/t22-/m0/s1. The summed E-state index contributed by atoms with van der Waals surface area (Å²) in [6.07, 6.45) is 3.30. The number of aryl methyl sites for hydroxylation is 1. The number of aromatic nitrogens is 7. The van der Waals surface area contributed by atoms with Gasteiger partial charge < -0.3 is 15.2 Å². The van der Waals surface area contributed by atoms with E-state index in [0.29, 0.717) is 64.1 Å². The number of likely N-dealkylation sites (tertiary alicyclic amines) is 1. The number of alkyl halides is 3. The maximum absolute atomic E-state index is 14.2. The quantitative estimate of drug-likeness (QED) is 0.208. The van der Waals surface area contributed by atoms with Crippen molar-refractivity contribution < 1.29 is 13.2 Å². The van der Waals surface area contributed by atoms with Gasteiger partial charge in [0.2, 0.25) is 0 Å². The molecule has 254 valence electrons. The van der Waals surface area contributed by atoms with Gasteiger partial charge in [0.05, 0.1) is 17.1 Å². The van der Waals surface area contributed by atoms with E-state index in [9.17, 15) is 18.0 Å². The summed E-state index contributed by atoms with van der Waals surface area (Å²) in [5.74, 6) is 0.873. The molecule has 0 saturated carbocycles. The number of aromatic amines is 1. The smallest absolute Gasteiger partial charge is 0.360 e. The van der Waals surface area contributed by atoms with Crippen molar-refractivity contribution in [2.24, 2.45) is 0 Å². The van der Waals surface area contributed by atoms with Crippen molar-refractivity contribution in [3.8, 4) is 16.8 Å². The van der Waals surface area contributed by atoms with Crippen LogP contribution in [-0.4, -0.2) is 77.1 Å². The molecule has 0 aliphatic carbocycles. The van der Waals surface area contributed by atoms with Crippen LogP contribution >= 0.6 is 0 Å². The molecule has 6 heterocycles. The monoisotopic (exact) mass is 670 g/mol. The van der Waals surface area contributed by atoms with Gasteiger partial charge in [-0.05, 0) is 89.3 Å². The van der Waals surface area contributed by atoms with Crippen LogP contribution in [0.4, 0.5) is 19.0 Å². The fraction of sp³-hybridized carbons (Fsp3) is 0.343. The maximum Gasteiger partial charge on any atom is 0.433 e.